The summed E-state index contributed by atoms with van der Waals surface area (Å²) in [6.45, 7) is 8.63. The van der Waals surface area contributed by atoms with Crippen LogP contribution in [0.4, 0.5) is 0 Å². The Kier molecular flexibility index (Phi) is 7.44. The van der Waals surface area contributed by atoms with Gasteiger partial charge in [-0.15, -0.1) is 0 Å². The van der Waals surface area contributed by atoms with E-state index in [0.717, 1.165) is 37.6 Å². The maximum absolute atomic E-state index is 5.92. The molecule has 0 amide bonds. The van der Waals surface area contributed by atoms with Crippen molar-refractivity contribution >= 4 is 17.7 Å². The number of rotatable bonds is 6. The first-order valence-corrected chi connectivity index (χ1v) is 7.56. The quantitative estimate of drug-likeness (QED) is 0.445. The number of thioether (sulfide) groups is 1. The second kappa shape index (κ2) is 8.64. The lowest BCUT2D eigenvalue weighted by atomic mass is 10.1. The minimum Gasteiger partial charge on any atom is -0.380 e. The molecule has 0 radical (unpaired) electrons. The number of nitrogens with two attached hydrogens (primary N) is 1. The van der Waals surface area contributed by atoms with E-state index < -0.39 is 0 Å². The molecule has 0 aromatic rings. The molecule has 0 aromatic heterocycles. The van der Waals surface area contributed by atoms with E-state index in [1.165, 1.54) is 0 Å². The molecular weight excluding hydrogens is 234 g/mol. The van der Waals surface area contributed by atoms with Crippen LogP contribution < -0.4 is 5.73 Å². The van der Waals surface area contributed by atoms with Crippen molar-refractivity contribution in [3.05, 3.63) is 0 Å². The SMILES string of the molecule is CC(C)CCOCCN=C(N)N1CCSCC1. The zero-order valence-electron chi connectivity index (χ0n) is 11.0. The van der Waals surface area contributed by atoms with Gasteiger partial charge in [0.15, 0.2) is 5.96 Å². The maximum Gasteiger partial charge on any atom is 0.191 e. The number of hydrogen-bond donors (Lipinski definition) is 1. The molecule has 0 atom stereocenters. The van der Waals surface area contributed by atoms with Gasteiger partial charge in [-0.2, -0.15) is 11.8 Å². The van der Waals surface area contributed by atoms with Gasteiger partial charge in [0.25, 0.3) is 0 Å². The number of guanidine groups is 1. The Morgan fingerprint density at radius 1 is 1.35 bits per heavy atom. The zero-order chi connectivity index (χ0) is 12.5. The molecule has 17 heavy (non-hydrogen) atoms. The van der Waals surface area contributed by atoms with E-state index in [0.29, 0.717) is 25.0 Å². The molecule has 1 rings (SSSR count). The fraction of sp³-hybridized carbons (Fsp3) is 0.917. The summed E-state index contributed by atoms with van der Waals surface area (Å²) in [5.41, 5.74) is 5.92. The molecule has 0 bridgehead atoms. The van der Waals surface area contributed by atoms with Gasteiger partial charge in [0.2, 0.25) is 0 Å². The van der Waals surface area contributed by atoms with Crippen LogP contribution in [0.2, 0.25) is 0 Å². The van der Waals surface area contributed by atoms with Crippen LogP contribution in [0.5, 0.6) is 0 Å². The van der Waals surface area contributed by atoms with Crippen molar-refractivity contribution in [1.29, 1.82) is 0 Å². The highest BCUT2D eigenvalue weighted by Gasteiger charge is 2.11. The van der Waals surface area contributed by atoms with Crippen molar-refractivity contribution in [2.24, 2.45) is 16.6 Å². The Morgan fingerprint density at radius 3 is 2.71 bits per heavy atom. The van der Waals surface area contributed by atoms with E-state index >= 15 is 0 Å². The predicted molar refractivity (Wildman–Crippen MR) is 75.7 cm³/mol. The molecule has 100 valence electrons. The third-order valence-electron chi connectivity index (χ3n) is 2.68. The highest BCUT2D eigenvalue weighted by Crippen LogP contribution is 2.08. The number of nitrogens with zero attached hydrogens (tertiary/aromatic N) is 2. The molecule has 0 aromatic carbocycles. The maximum atomic E-state index is 5.92. The van der Waals surface area contributed by atoms with Crippen molar-refractivity contribution in [3.8, 4) is 0 Å². The monoisotopic (exact) mass is 259 g/mol. The van der Waals surface area contributed by atoms with E-state index in [4.69, 9.17) is 10.5 Å². The first-order valence-electron chi connectivity index (χ1n) is 6.40. The third-order valence-corrected chi connectivity index (χ3v) is 3.63. The Balaban J connectivity index is 2.06. The van der Waals surface area contributed by atoms with Crippen molar-refractivity contribution in [2.75, 3.05) is 44.4 Å². The number of aliphatic imine (C=N–C) groups is 1. The Hall–Kier alpha value is -0.420. The van der Waals surface area contributed by atoms with Crippen LogP contribution in [-0.2, 0) is 4.74 Å². The molecule has 1 heterocycles. The van der Waals surface area contributed by atoms with Crippen LogP contribution in [0.15, 0.2) is 4.99 Å². The minimum absolute atomic E-state index is 0.674. The van der Waals surface area contributed by atoms with Gasteiger partial charge in [-0.05, 0) is 12.3 Å². The fourth-order valence-corrected chi connectivity index (χ4v) is 2.44. The van der Waals surface area contributed by atoms with Crippen molar-refractivity contribution in [2.45, 2.75) is 20.3 Å². The van der Waals surface area contributed by atoms with E-state index in [-0.39, 0.29) is 0 Å². The average molecular weight is 259 g/mol. The average Bonchev–Trinajstić information content (AvgIpc) is 2.34. The largest absolute Gasteiger partial charge is 0.380 e. The molecule has 1 aliphatic rings. The second-order valence-corrected chi connectivity index (χ2v) is 5.86. The summed E-state index contributed by atoms with van der Waals surface area (Å²) < 4.78 is 5.50. The van der Waals surface area contributed by atoms with Crippen LogP contribution in [0.3, 0.4) is 0 Å². The molecule has 1 aliphatic heterocycles. The lowest BCUT2D eigenvalue weighted by molar-refractivity contribution is 0.130. The number of ether oxygens (including phenoxy) is 1. The van der Waals surface area contributed by atoms with Crippen LogP contribution >= 0.6 is 11.8 Å². The molecule has 4 nitrogen and oxygen atoms in total. The van der Waals surface area contributed by atoms with Crippen molar-refractivity contribution in [1.82, 2.24) is 4.90 Å². The van der Waals surface area contributed by atoms with Gasteiger partial charge in [0, 0.05) is 31.2 Å². The van der Waals surface area contributed by atoms with Gasteiger partial charge >= 0.3 is 0 Å². The topological polar surface area (TPSA) is 50.9 Å². The normalized spacial score (nSPS) is 17.8. The highest BCUT2D eigenvalue weighted by atomic mass is 32.2. The minimum atomic E-state index is 0.674. The molecule has 0 saturated carbocycles. The standard InChI is InChI=1S/C12H25N3OS/c1-11(2)3-7-16-8-4-14-12(13)15-5-9-17-10-6-15/h11H,3-10H2,1-2H3,(H2,13,14). The van der Waals surface area contributed by atoms with Crippen molar-refractivity contribution < 1.29 is 4.74 Å². The predicted octanol–water partition coefficient (Wildman–Crippen LogP) is 1.41. The van der Waals surface area contributed by atoms with Gasteiger partial charge in [0.1, 0.15) is 0 Å². The zero-order valence-corrected chi connectivity index (χ0v) is 11.8. The first-order chi connectivity index (χ1) is 8.20. The summed E-state index contributed by atoms with van der Waals surface area (Å²) in [6, 6.07) is 0. The van der Waals surface area contributed by atoms with Gasteiger partial charge in [-0.3, -0.25) is 4.99 Å². The van der Waals surface area contributed by atoms with E-state index in [1.807, 2.05) is 11.8 Å². The fourth-order valence-electron chi connectivity index (χ4n) is 1.54. The molecule has 2 N–H and O–H groups in total. The summed E-state index contributed by atoms with van der Waals surface area (Å²) in [5, 5.41) is 0. The molecular formula is C12H25N3OS. The second-order valence-electron chi connectivity index (χ2n) is 4.63. The summed E-state index contributed by atoms with van der Waals surface area (Å²) in [4.78, 5) is 6.51. The van der Waals surface area contributed by atoms with E-state index in [1.54, 1.807) is 0 Å². The van der Waals surface area contributed by atoms with E-state index in [9.17, 15) is 0 Å². The van der Waals surface area contributed by atoms with Crippen LogP contribution in [-0.4, -0.2) is 55.2 Å². The van der Waals surface area contributed by atoms with Crippen LogP contribution in [0, 0.1) is 5.92 Å². The van der Waals surface area contributed by atoms with Gasteiger partial charge in [-0.25, -0.2) is 0 Å². The summed E-state index contributed by atoms with van der Waals surface area (Å²) in [5.74, 6) is 3.69. The summed E-state index contributed by atoms with van der Waals surface area (Å²) in [7, 11) is 0. The molecule has 0 unspecified atom stereocenters. The number of hydrogen-bond acceptors (Lipinski definition) is 3. The highest BCUT2D eigenvalue weighted by molar-refractivity contribution is 7.99. The van der Waals surface area contributed by atoms with Crippen LogP contribution in [0.1, 0.15) is 20.3 Å². The first kappa shape index (κ1) is 14.6. The Bertz CT molecular complexity index is 228. The summed E-state index contributed by atoms with van der Waals surface area (Å²) in [6.07, 6.45) is 1.11. The third kappa shape index (κ3) is 6.78. The molecule has 0 aliphatic carbocycles. The molecule has 5 heteroatoms. The summed E-state index contributed by atoms with van der Waals surface area (Å²) >= 11 is 1.98. The van der Waals surface area contributed by atoms with E-state index in [2.05, 4.69) is 23.7 Å². The Morgan fingerprint density at radius 2 is 2.06 bits per heavy atom. The smallest absolute Gasteiger partial charge is 0.191 e. The van der Waals surface area contributed by atoms with Crippen LogP contribution in [0.25, 0.3) is 0 Å². The molecule has 1 saturated heterocycles. The lowest BCUT2D eigenvalue weighted by Crippen LogP contribution is -2.42. The molecule has 1 fully saturated rings. The Labute approximate surface area is 109 Å². The van der Waals surface area contributed by atoms with Crippen molar-refractivity contribution in [3.63, 3.8) is 0 Å². The van der Waals surface area contributed by atoms with Gasteiger partial charge < -0.3 is 15.4 Å². The van der Waals surface area contributed by atoms with Gasteiger partial charge in [-0.1, -0.05) is 13.8 Å². The molecule has 0 spiro atoms. The lowest BCUT2D eigenvalue weighted by Gasteiger charge is -2.27. The van der Waals surface area contributed by atoms with Gasteiger partial charge in [0.05, 0.1) is 13.2 Å².